The lowest BCUT2D eigenvalue weighted by Crippen LogP contribution is -2.42. The van der Waals surface area contributed by atoms with Gasteiger partial charge in [-0.15, -0.1) is 0 Å². The second kappa shape index (κ2) is 5.07. The third-order valence-electron chi connectivity index (χ3n) is 3.35. The van der Waals surface area contributed by atoms with E-state index in [9.17, 15) is 4.79 Å². The molecule has 0 unspecified atom stereocenters. The fourth-order valence-corrected chi connectivity index (χ4v) is 2.36. The molecule has 0 radical (unpaired) electrons. The zero-order valence-electron chi connectivity index (χ0n) is 10.2. The van der Waals surface area contributed by atoms with Gasteiger partial charge in [-0.05, 0) is 50.7 Å². The van der Waals surface area contributed by atoms with Crippen LogP contribution in [0.3, 0.4) is 0 Å². The number of amides is 1. The van der Waals surface area contributed by atoms with E-state index < -0.39 is 0 Å². The summed E-state index contributed by atoms with van der Waals surface area (Å²) in [5.74, 6) is 0.160. The van der Waals surface area contributed by atoms with Crippen LogP contribution in [0.15, 0.2) is 24.3 Å². The van der Waals surface area contributed by atoms with Crippen LogP contribution in [0.1, 0.15) is 12.8 Å². The Morgan fingerprint density at radius 2 is 2.06 bits per heavy atom. The summed E-state index contributed by atoms with van der Waals surface area (Å²) >= 11 is 5.83. The van der Waals surface area contributed by atoms with Gasteiger partial charge in [-0.1, -0.05) is 11.6 Å². The molecule has 1 saturated heterocycles. The molecule has 17 heavy (non-hydrogen) atoms. The monoisotopic (exact) mass is 252 g/mol. The van der Waals surface area contributed by atoms with Gasteiger partial charge < -0.3 is 4.90 Å². The SMILES string of the molecule is CN(C(=O)[C@@H]1CCCN1C)c1ccc(Cl)cc1. The first-order valence-electron chi connectivity index (χ1n) is 5.83. The highest BCUT2D eigenvalue weighted by Crippen LogP contribution is 2.21. The van der Waals surface area contributed by atoms with E-state index in [1.807, 2.05) is 26.2 Å². The molecule has 1 aromatic carbocycles. The number of anilines is 1. The normalized spacial score (nSPS) is 20.5. The highest BCUT2D eigenvalue weighted by atomic mass is 35.5. The summed E-state index contributed by atoms with van der Waals surface area (Å²) in [4.78, 5) is 16.1. The van der Waals surface area contributed by atoms with Crippen molar-refractivity contribution in [3.05, 3.63) is 29.3 Å². The topological polar surface area (TPSA) is 23.6 Å². The second-order valence-corrected chi connectivity index (χ2v) is 4.95. The number of nitrogens with zero attached hydrogens (tertiary/aromatic N) is 2. The number of halogens is 1. The van der Waals surface area contributed by atoms with Crippen LogP contribution in [0.2, 0.25) is 5.02 Å². The van der Waals surface area contributed by atoms with E-state index in [-0.39, 0.29) is 11.9 Å². The van der Waals surface area contributed by atoms with Gasteiger partial charge in [0, 0.05) is 17.8 Å². The van der Waals surface area contributed by atoms with E-state index >= 15 is 0 Å². The Morgan fingerprint density at radius 3 is 2.59 bits per heavy atom. The molecule has 92 valence electrons. The Morgan fingerprint density at radius 1 is 1.41 bits per heavy atom. The van der Waals surface area contributed by atoms with E-state index in [0.717, 1.165) is 25.1 Å². The van der Waals surface area contributed by atoms with Crippen LogP contribution in [0.25, 0.3) is 0 Å². The molecule has 1 fully saturated rings. The molecule has 0 saturated carbocycles. The van der Waals surface area contributed by atoms with Crippen LogP contribution < -0.4 is 4.90 Å². The Hall–Kier alpha value is -1.06. The average molecular weight is 253 g/mol. The van der Waals surface area contributed by atoms with Gasteiger partial charge in [-0.3, -0.25) is 9.69 Å². The van der Waals surface area contributed by atoms with Crippen molar-refractivity contribution in [3.63, 3.8) is 0 Å². The number of rotatable bonds is 2. The van der Waals surface area contributed by atoms with E-state index in [4.69, 9.17) is 11.6 Å². The van der Waals surface area contributed by atoms with Gasteiger partial charge in [0.25, 0.3) is 0 Å². The van der Waals surface area contributed by atoms with E-state index in [1.165, 1.54) is 0 Å². The van der Waals surface area contributed by atoms with Crippen LogP contribution in [0, 0.1) is 0 Å². The molecular weight excluding hydrogens is 236 g/mol. The number of hydrogen-bond donors (Lipinski definition) is 0. The molecule has 0 aromatic heterocycles. The van der Waals surface area contributed by atoms with Crippen molar-refractivity contribution < 1.29 is 4.79 Å². The summed E-state index contributed by atoms with van der Waals surface area (Å²) in [7, 11) is 3.82. The molecule has 0 N–H and O–H groups in total. The zero-order chi connectivity index (χ0) is 12.4. The molecule has 1 aliphatic rings. The van der Waals surface area contributed by atoms with Crippen molar-refractivity contribution in [1.29, 1.82) is 0 Å². The van der Waals surface area contributed by atoms with Crippen molar-refractivity contribution in [2.75, 3.05) is 25.5 Å². The van der Waals surface area contributed by atoms with Gasteiger partial charge in [0.15, 0.2) is 0 Å². The zero-order valence-corrected chi connectivity index (χ0v) is 10.9. The highest BCUT2D eigenvalue weighted by Gasteiger charge is 2.30. The first kappa shape index (κ1) is 12.4. The number of carbonyl (C=O) groups is 1. The number of benzene rings is 1. The quantitative estimate of drug-likeness (QED) is 0.807. The Bertz CT molecular complexity index is 404. The number of likely N-dealkylation sites (tertiary alicyclic amines) is 1. The van der Waals surface area contributed by atoms with Gasteiger partial charge in [0.2, 0.25) is 5.91 Å². The van der Waals surface area contributed by atoms with Gasteiger partial charge in [0.1, 0.15) is 0 Å². The van der Waals surface area contributed by atoms with Crippen molar-refractivity contribution >= 4 is 23.2 Å². The minimum Gasteiger partial charge on any atom is -0.314 e. The molecule has 0 bridgehead atoms. The van der Waals surface area contributed by atoms with Gasteiger partial charge in [-0.2, -0.15) is 0 Å². The predicted molar refractivity (Wildman–Crippen MR) is 70.5 cm³/mol. The van der Waals surface area contributed by atoms with Crippen molar-refractivity contribution in [2.45, 2.75) is 18.9 Å². The molecule has 1 aromatic rings. The van der Waals surface area contributed by atoms with Crippen LogP contribution in [-0.2, 0) is 4.79 Å². The molecule has 4 heteroatoms. The summed E-state index contributed by atoms with van der Waals surface area (Å²) in [5.41, 5.74) is 0.889. The molecule has 1 atom stereocenters. The lowest BCUT2D eigenvalue weighted by atomic mass is 10.2. The number of hydrogen-bond acceptors (Lipinski definition) is 2. The summed E-state index contributed by atoms with van der Waals surface area (Å²) in [6.07, 6.45) is 2.05. The number of carbonyl (C=O) groups excluding carboxylic acids is 1. The van der Waals surface area contributed by atoms with E-state index in [2.05, 4.69) is 4.90 Å². The molecule has 1 aliphatic heterocycles. The molecule has 2 rings (SSSR count). The summed E-state index contributed by atoms with van der Waals surface area (Å²) < 4.78 is 0. The lowest BCUT2D eigenvalue weighted by Gasteiger charge is -2.25. The molecule has 3 nitrogen and oxygen atoms in total. The van der Waals surface area contributed by atoms with Crippen molar-refractivity contribution in [3.8, 4) is 0 Å². The fourth-order valence-electron chi connectivity index (χ4n) is 2.24. The smallest absolute Gasteiger partial charge is 0.244 e. The predicted octanol–water partition coefficient (Wildman–Crippen LogP) is 2.40. The molecular formula is C13H17ClN2O. The maximum Gasteiger partial charge on any atom is 0.244 e. The maximum atomic E-state index is 12.3. The van der Waals surface area contributed by atoms with Crippen LogP contribution >= 0.6 is 11.6 Å². The van der Waals surface area contributed by atoms with Crippen LogP contribution in [0.4, 0.5) is 5.69 Å². The molecule has 0 aliphatic carbocycles. The summed E-state index contributed by atoms with van der Waals surface area (Å²) in [5, 5.41) is 0.688. The summed E-state index contributed by atoms with van der Waals surface area (Å²) in [6, 6.07) is 7.37. The Labute approximate surface area is 107 Å². The van der Waals surface area contributed by atoms with Gasteiger partial charge in [-0.25, -0.2) is 0 Å². The summed E-state index contributed by atoms with van der Waals surface area (Å²) in [6.45, 7) is 1.00. The molecule has 0 spiro atoms. The molecule has 1 heterocycles. The number of likely N-dealkylation sites (N-methyl/N-ethyl adjacent to an activating group) is 2. The van der Waals surface area contributed by atoms with Gasteiger partial charge >= 0.3 is 0 Å². The van der Waals surface area contributed by atoms with Crippen LogP contribution in [-0.4, -0.2) is 37.5 Å². The fraction of sp³-hybridized carbons (Fsp3) is 0.462. The highest BCUT2D eigenvalue weighted by molar-refractivity contribution is 6.30. The van der Waals surface area contributed by atoms with E-state index in [0.29, 0.717) is 5.02 Å². The Balaban J connectivity index is 2.11. The Kier molecular flexibility index (Phi) is 3.69. The first-order valence-corrected chi connectivity index (χ1v) is 6.21. The minimum absolute atomic E-state index is 0.0238. The maximum absolute atomic E-state index is 12.3. The largest absolute Gasteiger partial charge is 0.314 e. The molecule has 1 amide bonds. The lowest BCUT2D eigenvalue weighted by molar-refractivity contribution is -0.122. The third kappa shape index (κ3) is 2.61. The van der Waals surface area contributed by atoms with Crippen molar-refractivity contribution in [1.82, 2.24) is 4.90 Å². The average Bonchev–Trinajstić information content (AvgIpc) is 2.74. The minimum atomic E-state index is 0.0238. The van der Waals surface area contributed by atoms with Crippen molar-refractivity contribution in [2.24, 2.45) is 0 Å². The third-order valence-corrected chi connectivity index (χ3v) is 3.60. The van der Waals surface area contributed by atoms with Crippen LogP contribution in [0.5, 0.6) is 0 Å². The van der Waals surface area contributed by atoms with E-state index in [1.54, 1.807) is 17.0 Å². The second-order valence-electron chi connectivity index (χ2n) is 4.51. The van der Waals surface area contributed by atoms with Gasteiger partial charge in [0.05, 0.1) is 6.04 Å². The first-order chi connectivity index (χ1) is 8.09. The standard InChI is InChI=1S/C13H17ClN2O/c1-15-9-3-4-12(15)13(17)16(2)11-7-5-10(14)6-8-11/h5-8,12H,3-4,9H2,1-2H3/t12-/m0/s1.